The topological polar surface area (TPSA) is 78.5 Å². The highest BCUT2D eigenvalue weighted by Crippen LogP contribution is 2.34. The van der Waals surface area contributed by atoms with Crippen molar-refractivity contribution >= 4 is 46.7 Å². The van der Waals surface area contributed by atoms with Gasteiger partial charge in [-0.15, -0.1) is 0 Å². The van der Waals surface area contributed by atoms with Crippen molar-refractivity contribution in [2.45, 2.75) is 32.2 Å². The third-order valence-electron chi connectivity index (χ3n) is 4.91. The van der Waals surface area contributed by atoms with Crippen LogP contribution in [-0.4, -0.2) is 29.3 Å². The summed E-state index contributed by atoms with van der Waals surface area (Å²) in [6.07, 6.45) is 0. The van der Waals surface area contributed by atoms with Crippen molar-refractivity contribution in [1.82, 2.24) is 10.2 Å². The van der Waals surface area contributed by atoms with Gasteiger partial charge in [-0.05, 0) is 42.7 Å². The molecule has 0 saturated carbocycles. The van der Waals surface area contributed by atoms with Crippen LogP contribution in [-0.2, 0) is 15.1 Å². The van der Waals surface area contributed by atoms with Crippen LogP contribution >= 0.6 is 23.2 Å². The van der Waals surface area contributed by atoms with Crippen molar-refractivity contribution < 1.29 is 14.4 Å². The van der Waals surface area contributed by atoms with Crippen LogP contribution in [0.25, 0.3) is 0 Å². The molecule has 1 atom stereocenters. The van der Waals surface area contributed by atoms with Crippen LogP contribution in [0.15, 0.2) is 42.5 Å². The van der Waals surface area contributed by atoms with Gasteiger partial charge in [-0.2, -0.15) is 0 Å². The minimum absolute atomic E-state index is 0.255. The maximum absolute atomic E-state index is 13.0. The smallest absolute Gasteiger partial charge is 0.325 e. The molecule has 0 spiro atoms. The Hall–Kier alpha value is -2.57. The zero-order valence-corrected chi connectivity index (χ0v) is 17.8. The fourth-order valence-electron chi connectivity index (χ4n) is 3.21. The molecule has 1 aliphatic heterocycles. The number of carbonyl (C=O) groups excluding carboxylic acids is 3. The van der Waals surface area contributed by atoms with Gasteiger partial charge in [0, 0.05) is 21.3 Å². The molecule has 152 valence electrons. The number of nitrogens with zero attached hydrogens (tertiary/aromatic N) is 1. The first kappa shape index (κ1) is 21.1. The SMILES string of the molecule is CC(C)c1ccc(NC(=O)CN2C(=O)NC(C)(c3ccc(Cl)cc3Cl)C2=O)cc1. The van der Waals surface area contributed by atoms with Crippen molar-refractivity contribution in [2.24, 2.45) is 0 Å². The third-order valence-corrected chi connectivity index (χ3v) is 5.46. The van der Waals surface area contributed by atoms with E-state index in [-0.39, 0.29) is 5.02 Å². The van der Waals surface area contributed by atoms with E-state index in [1.54, 1.807) is 31.2 Å². The molecular weight excluding hydrogens is 413 g/mol. The molecule has 2 aromatic carbocycles. The van der Waals surface area contributed by atoms with E-state index in [4.69, 9.17) is 23.2 Å². The predicted molar refractivity (Wildman–Crippen MR) is 113 cm³/mol. The number of amides is 4. The average molecular weight is 434 g/mol. The van der Waals surface area contributed by atoms with Crippen LogP contribution in [0.5, 0.6) is 0 Å². The number of anilines is 1. The summed E-state index contributed by atoms with van der Waals surface area (Å²) in [6.45, 7) is 5.30. The molecule has 1 heterocycles. The maximum atomic E-state index is 13.0. The Morgan fingerprint density at radius 1 is 1.14 bits per heavy atom. The minimum Gasteiger partial charge on any atom is -0.325 e. The second kappa shape index (κ2) is 8.05. The first-order valence-electron chi connectivity index (χ1n) is 9.11. The summed E-state index contributed by atoms with van der Waals surface area (Å²) in [5.74, 6) is -0.655. The molecule has 1 unspecified atom stereocenters. The van der Waals surface area contributed by atoms with E-state index in [1.807, 2.05) is 12.1 Å². The van der Waals surface area contributed by atoms with Crippen LogP contribution in [0.3, 0.4) is 0 Å². The fraction of sp³-hybridized carbons (Fsp3) is 0.286. The van der Waals surface area contributed by atoms with Crippen molar-refractivity contribution in [3.8, 4) is 0 Å². The molecule has 29 heavy (non-hydrogen) atoms. The fourth-order valence-corrected chi connectivity index (χ4v) is 3.81. The highest BCUT2D eigenvalue weighted by molar-refractivity contribution is 6.35. The summed E-state index contributed by atoms with van der Waals surface area (Å²) in [5, 5.41) is 6.00. The van der Waals surface area contributed by atoms with Gasteiger partial charge in [0.05, 0.1) is 0 Å². The van der Waals surface area contributed by atoms with Gasteiger partial charge in [-0.3, -0.25) is 14.5 Å². The molecular formula is C21H21Cl2N3O3. The Bertz CT molecular complexity index is 976. The molecule has 3 rings (SSSR count). The molecule has 6 nitrogen and oxygen atoms in total. The normalized spacial score (nSPS) is 18.9. The molecule has 1 aliphatic rings. The number of carbonyl (C=O) groups is 3. The summed E-state index contributed by atoms with van der Waals surface area (Å²) >= 11 is 12.1. The lowest BCUT2D eigenvalue weighted by Gasteiger charge is -2.23. The minimum atomic E-state index is -1.38. The quantitative estimate of drug-likeness (QED) is 0.680. The molecule has 4 amide bonds. The highest BCUT2D eigenvalue weighted by atomic mass is 35.5. The number of benzene rings is 2. The Kier molecular flexibility index (Phi) is 5.87. The standard InChI is InChI=1S/C21H21Cl2N3O3/c1-12(2)13-4-7-15(8-5-13)24-18(27)11-26-19(28)21(3,25-20(26)29)16-9-6-14(22)10-17(16)23/h4-10,12H,11H2,1-3H3,(H,24,27)(H,25,29). The van der Waals surface area contributed by atoms with Crippen LogP contribution in [0.4, 0.5) is 10.5 Å². The lowest BCUT2D eigenvalue weighted by molar-refractivity contribution is -0.133. The largest absolute Gasteiger partial charge is 0.325 e. The third kappa shape index (κ3) is 4.23. The number of halogens is 2. The number of hydrogen-bond donors (Lipinski definition) is 2. The van der Waals surface area contributed by atoms with E-state index in [2.05, 4.69) is 24.5 Å². The summed E-state index contributed by atoms with van der Waals surface area (Å²) in [4.78, 5) is 38.6. The Morgan fingerprint density at radius 3 is 2.38 bits per heavy atom. The number of urea groups is 1. The van der Waals surface area contributed by atoms with Crippen molar-refractivity contribution in [2.75, 3.05) is 11.9 Å². The summed E-state index contributed by atoms with van der Waals surface area (Å²) in [7, 11) is 0. The molecule has 0 radical (unpaired) electrons. The van der Waals surface area contributed by atoms with E-state index in [0.29, 0.717) is 22.2 Å². The van der Waals surface area contributed by atoms with Gasteiger partial charge in [-0.1, -0.05) is 55.2 Å². The molecule has 0 aromatic heterocycles. The van der Waals surface area contributed by atoms with E-state index in [9.17, 15) is 14.4 Å². The number of hydrogen-bond acceptors (Lipinski definition) is 3. The van der Waals surface area contributed by atoms with Crippen LogP contribution in [0.1, 0.15) is 37.8 Å². The molecule has 8 heteroatoms. The second-order valence-electron chi connectivity index (χ2n) is 7.40. The van der Waals surface area contributed by atoms with Crippen LogP contribution in [0.2, 0.25) is 10.0 Å². The van der Waals surface area contributed by atoms with E-state index < -0.39 is 29.9 Å². The monoisotopic (exact) mass is 433 g/mol. The van der Waals surface area contributed by atoms with Crippen molar-refractivity contribution in [3.05, 3.63) is 63.6 Å². The van der Waals surface area contributed by atoms with Gasteiger partial charge >= 0.3 is 6.03 Å². The lowest BCUT2D eigenvalue weighted by atomic mass is 9.92. The van der Waals surface area contributed by atoms with Crippen LogP contribution < -0.4 is 10.6 Å². The second-order valence-corrected chi connectivity index (χ2v) is 8.24. The molecule has 1 saturated heterocycles. The van der Waals surface area contributed by atoms with Gasteiger partial charge in [-0.25, -0.2) is 4.79 Å². The Labute approximate surface area is 179 Å². The first-order valence-corrected chi connectivity index (χ1v) is 9.87. The first-order chi connectivity index (χ1) is 13.6. The van der Waals surface area contributed by atoms with E-state index in [0.717, 1.165) is 10.5 Å². The van der Waals surface area contributed by atoms with E-state index in [1.165, 1.54) is 6.07 Å². The highest BCUT2D eigenvalue weighted by Gasteiger charge is 2.50. The van der Waals surface area contributed by atoms with Gasteiger partial charge in [0.1, 0.15) is 12.1 Å². The summed E-state index contributed by atoms with van der Waals surface area (Å²) < 4.78 is 0. The average Bonchev–Trinajstić information content (AvgIpc) is 2.85. The van der Waals surface area contributed by atoms with Gasteiger partial charge in [0.2, 0.25) is 5.91 Å². The van der Waals surface area contributed by atoms with Crippen molar-refractivity contribution in [3.63, 3.8) is 0 Å². The van der Waals surface area contributed by atoms with Crippen molar-refractivity contribution in [1.29, 1.82) is 0 Å². The summed E-state index contributed by atoms with van der Waals surface area (Å²) in [5.41, 5.74) is 0.773. The number of imide groups is 1. The molecule has 0 bridgehead atoms. The van der Waals surface area contributed by atoms with Gasteiger partial charge in [0.25, 0.3) is 5.91 Å². The molecule has 2 N–H and O–H groups in total. The maximum Gasteiger partial charge on any atom is 0.325 e. The van der Waals surface area contributed by atoms with E-state index >= 15 is 0 Å². The molecule has 0 aliphatic carbocycles. The molecule has 1 fully saturated rings. The molecule has 2 aromatic rings. The Morgan fingerprint density at radius 2 is 1.79 bits per heavy atom. The zero-order chi connectivity index (χ0) is 21.3. The van der Waals surface area contributed by atoms with Gasteiger partial charge < -0.3 is 10.6 Å². The van der Waals surface area contributed by atoms with Crippen LogP contribution in [0, 0.1) is 0 Å². The number of nitrogens with one attached hydrogen (secondary N) is 2. The summed E-state index contributed by atoms with van der Waals surface area (Å²) in [6, 6.07) is 11.4. The predicted octanol–water partition coefficient (Wildman–Crippen LogP) is 4.52. The number of rotatable bonds is 5. The Balaban J connectivity index is 1.73. The van der Waals surface area contributed by atoms with Gasteiger partial charge in [0.15, 0.2) is 0 Å². The zero-order valence-electron chi connectivity index (χ0n) is 16.3. The lowest BCUT2D eigenvalue weighted by Crippen LogP contribution is -2.42.